The van der Waals surface area contributed by atoms with E-state index in [0.29, 0.717) is 23.6 Å². The van der Waals surface area contributed by atoms with Crippen molar-refractivity contribution in [3.8, 4) is 11.1 Å². The van der Waals surface area contributed by atoms with Gasteiger partial charge in [-0.3, -0.25) is 14.4 Å². The Balaban J connectivity index is 1.64. The first-order valence-corrected chi connectivity index (χ1v) is 18.4. The summed E-state index contributed by atoms with van der Waals surface area (Å²) in [4.78, 5) is 43.0. The number of benzene rings is 2. The maximum atomic E-state index is 16.9. The van der Waals surface area contributed by atoms with Crippen LogP contribution in [0.2, 0.25) is 0 Å². The fourth-order valence-electron chi connectivity index (χ4n) is 7.50. The summed E-state index contributed by atoms with van der Waals surface area (Å²) in [7, 11) is 0. The van der Waals surface area contributed by atoms with Gasteiger partial charge in [-0.2, -0.15) is 13.2 Å². The van der Waals surface area contributed by atoms with E-state index in [0.717, 1.165) is 50.0 Å². The predicted molar refractivity (Wildman–Crippen MR) is 191 cm³/mol. The Morgan fingerprint density at radius 2 is 1.62 bits per heavy atom. The van der Waals surface area contributed by atoms with Gasteiger partial charge in [0.05, 0.1) is 24.6 Å². The number of alkyl halides is 3. The predicted octanol–water partition coefficient (Wildman–Crippen LogP) is 9.29. The van der Waals surface area contributed by atoms with E-state index in [2.05, 4.69) is 4.90 Å². The minimum absolute atomic E-state index is 0.0443. The first-order valence-electron chi connectivity index (χ1n) is 18.4. The molecule has 1 unspecified atom stereocenters. The van der Waals surface area contributed by atoms with Crippen LogP contribution in [0, 0.1) is 44.1 Å². The zero-order chi connectivity index (χ0) is 38.9. The van der Waals surface area contributed by atoms with Gasteiger partial charge in [-0.15, -0.1) is 0 Å². The maximum Gasteiger partial charge on any atom is 0.419 e. The molecule has 2 heterocycles. The highest BCUT2D eigenvalue weighted by Crippen LogP contribution is 2.47. The average molecular weight is 747 g/mol. The molecule has 2 aromatic carbocycles. The fraction of sp³-hybridized carbons (Fsp3) is 0.537. The van der Waals surface area contributed by atoms with Gasteiger partial charge in [0.25, 0.3) is 5.56 Å². The second kappa shape index (κ2) is 16.2. The second-order valence-electron chi connectivity index (χ2n) is 15.1. The van der Waals surface area contributed by atoms with Gasteiger partial charge in [0.1, 0.15) is 17.5 Å². The number of Topliss-reactive ketones (excluding diaryl/α,β-unsaturated/α-hetero) is 1. The SMILES string of the molecule is CCOC(=O)C[C@H](CC(=O)C(CC(C)C)n1cc(CCN2CCC2)c(C)cc1=O)c1c(F)c(-c2c(C)cc(C3CC3)c(F)c2C)cc(C(F)(F)F)c1F. The molecule has 1 aliphatic heterocycles. The van der Waals surface area contributed by atoms with E-state index in [1.807, 2.05) is 13.8 Å². The normalized spacial score (nSPS) is 16.1. The highest BCUT2D eigenvalue weighted by Gasteiger charge is 2.41. The summed E-state index contributed by atoms with van der Waals surface area (Å²) in [6.07, 6.45) is -1.92. The van der Waals surface area contributed by atoms with E-state index in [4.69, 9.17) is 4.74 Å². The second-order valence-corrected chi connectivity index (χ2v) is 15.1. The minimum Gasteiger partial charge on any atom is -0.466 e. The first kappa shape index (κ1) is 40.3. The number of likely N-dealkylation sites (tertiary alicyclic amines) is 1. The lowest BCUT2D eigenvalue weighted by Crippen LogP contribution is -2.38. The number of aryl methyl sites for hydroxylation is 2. The quantitative estimate of drug-likeness (QED) is 0.115. The Kier molecular flexibility index (Phi) is 12.3. The molecule has 2 aliphatic rings. The number of rotatable bonds is 15. The van der Waals surface area contributed by atoms with Crippen LogP contribution in [0.3, 0.4) is 0 Å². The Labute approximate surface area is 306 Å². The molecular weight excluding hydrogens is 698 g/mol. The van der Waals surface area contributed by atoms with Crippen LogP contribution >= 0.6 is 0 Å². The molecule has 1 aromatic heterocycles. The molecule has 1 aliphatic carbocycles. The van der Waals surface area contributed by atoms with Gasteiger partial charge in [0.15, 0.2) is 5.78 Å². The molecule has 0 radical (unpaired) electrons. The van der Waals surface area contributed by atoms with Crippen LogP contribution in [0.25, 0.3) is 11.1 Å². The summed E-state index contributed by atoms with van der Waals surface area (Å²) in [5.41, 5.74) is -2.06. The Morgan fingerprint density at radius 1 is 0.943 bits per heavy atom. The van der Waals surface area contributed by atoms with Crippen LogP contribution < -0.4 is 5.56 Å². The van der Waals surface area contributed by atoms with Gasteiger partial charge < -0.3 is 14.2 Å². The van der Waals surface area contributed by atoms with Crippen molar-refractivity contribution in [2.45, 2.75) is 111 Å². The topological polar surface area (TPSA) is 68.6 Å². The molecule has 0 spiro atoms. The van der Waals surface area contributed by atoms with Crippen LogP contribution in [0.4, 0.5) is 26.3 Å². The summed E-state index contributed by atoms with van der Waals surface area (Å²) in [5.74, 6) is -7.66. The maximum absolute atomic E-state index is 16.9. The summed E-state index contributed by atoms with van der Waals surface area (Å²) in [5, 5.41) is 0. The van der Waals surface area contributed by atoms with Crippen molar-refractivity contribution < 1.29 is 40.7 Å². The van der Waals surface area contributed by atoms with Crippen LogP contribution in [0.15, 0.2) is 29.2 Å². The number of nitrogens with zero attached hydrogens (tertiary/aromatic N) is 2. The first-order chi connectivity index (χ1) is 24.9. The highest BCUT2D eigenvalue weighted by atomic mass is 19.4. The number of halogens is 6. The third-order valence-corrected chi connectivity index (χ3v) is 10.6. The number of carbonyl (C=O) groups is 2. The van der Waals surface area contributed by atoms with Crippen LogP contribution in [0.5, 0.6) is 0 Å². The zero-order valence-corrected chi connectivity index (χ0v) is 31.2. The van der Waals surface area contributed by atoms with Crippen LogP contribution in [-0.4, -0.2) is 47.5 Å². The average Bonchev–Trinajstić information content (AvgIpc) is 3.88. The standard InChI is InChI=1S/C41H48F6N2O4/c1-7-53-35(52)19-28(18-33(50)32(15-22(2)3)49-21-27(23(4)17-34(49)51)11-14-48-12-8-13-48)37-39(43)30(20-31(40(37)44)41(45,46)47)36-24(5)16-29(26-9-10-26)38(42)25(36)6/h16-17,20-22,26,28,32H,7-15,18-19H2,1-6H3/t28-,32?/m0/s1. The van der Waals surface area contributed by atoms with Crippen molar-refractivity contribution in [1.82, 2.24) is 9.47 Å². The van der Waals surface area contributed by atoms with Gasteiger partial charge in [-0.25, -0.2) is 13.2 Å². The molecule has 0 amide bonds. The van der Waals surface area contributed by atoms with Gasteiger partial charge >= 0.3 is 12.1 Å². The molecule has 2 atom stereocenters. The number of hydrogen-bond donors (Lipinski definition) is 0. The molecule has 6 nitrogen and oxygen atoms in total. The lowest BCUT2D eigenvalue weighted by molar-refractivity contribution is -0.143. The minimum atomic E-state index is -5.31. The van der Waals surface area contributed by atoms with Crippen LogP contribution in [-0.2, 0) is 26.9 Å². The smallest absolute Gasteiger partial charge is 0.419 e. The van der Waals surface area contributed by atoms with Crippen molar-refractivity contribution in [2.75, 3.05) is 26.2 Å². The van der Waals surface area contributed by atoms with Crippen molar-refractivity contribution in [3.63, 3.8) is 0 Å². The fourth-order valence-corrected chi connectivity index (χ4v) is 7.50. The molecule has 5 rings (SSSR count). The van der Waals surface area contributed by atoms with Crippen molar-refractivity contribution in [1.29, 1.82) is 0 Å². The molecule has 1 saturated heterocycles. The third-order valence-electron chi connectivity index (χ3n) is 10.6. The molecule has 2 fully saturated rings. The van der Waals surface area contributed by atoms with E-state index in [1.165, 1.54) is 37.5 Å². The number of pyridine rings is 1. The number of ketones is 1. The molecule has 53 heavy (non-hydrogen) atoms. The van der Waals surface area contributed by atoms with E-state index in [9.17, 15) is 27.6 Å². The molecule has 0 bridgehead atoms. The Bertz CT molecular complexity index is 1930. The van der Waals surface area contributed by atoms with E-state index in [1.54, 1.807) is 13.1 Å². The zero-order valence-electron chi connectivity index (χ0n) is 31.2. The summed E-state index contributed by atoms with van der Waals surface area (Å²) < 4.78 is 98.8. The van der Waals surface area contributed by atoms with Gasteiger partial charge in [0, 0.05) is 42.3 Å². The largest absolute Gasteiger partial charge is 0.466 e. The summed E-state index contributed by atoms with van der Waals surface area (Å²) >= 11 is 0. The summed E-state index contributed by atoms with van der Waals surface area (Å²) in [6.45, 7) is 12.4. The van der Waals surface area contributed by atoms with Gasteiger partial charge in [0.2, 0.25) is 0 Å². The Hall–Kier alpha value is -3.93. The van der Waals surface area contributed by atoms with E-state index in [-0.39, 0.29) is 36.0 Å². The van der Waals surface area contributed by atoms with Crippen molar-refractivity contribution >= 4 is 11.8 Å². The molecule has 0 N–H and O–H groups in total. The number of esters is 1. The van der Waals surface area contributed by atoms with E-state index < -0.39 is 82.4 Å². The van der Waals surface area contributed by atoms with Crippen molar-refractivity contribution in [2.24, 2.45) is 5.92 Å². The molecule has 3 aromatic rings. The highest BCUT2D eigenvalue weighted by molar-refractivity contribution is 5.85. The monoisotopic (exact) mass is 746 g/mol. The summed E-state index contributed by atoms with van der Waals surface area (Å²) in [6, 6.07) is 2.11. The van der Waals surface area contributed by atoms with Crippen LogP contribution in [0.1, 0.15) is 116 Å². The lowest BCUT2D eigenvalue weighted by Gasteiger charge is -2.31. The van der Waals surface area contributed by atoms with E-state index >= 15 is 13.2 Å². The molecule has 1 saturated carbocycles. The van der Waals surface area contributed by atoms with Gasteiger partial charge in [-0.05, 0) is 124 Å². The molecule has 288 valence electrons. The third kappa shape index (κ3) is 8.90. The molecule has 12 heteroatoms. The number of aromatic nitrogens is 1. The molecular formula is C41H48F6N2O4. The number of ether oxygens (including phenoxy) is 1. The van der Waals surface area contributed by atoms with Crippen molar-refractivity contribution in [3.05, 3.63) is 91.1 Å². The van der Waals surface area contributed by atoms with Gasteiger partial charge in [-0.1, -0.05) is 19.9 Å². The lowest BCUT2D eigenvalue weighted by atomic mass is 9.82. The number of hydrogen-bond acceptors (Lipinski definition) is 5. The number of carbonyl (C=O) groups excluding carboxylic acids is 2. The Morgan fingerprint density at radius 3 is 2.19 bits per heavy atom.